The number of hydrogen-bond acceptors (Lipinski definition) is 12. The molecule has 1 aromatic carbocycles. The van der Waals surface area contributed by atoms with Gasteiger partial charge in [-0.2, -0.15) is 0 Å². The van der Waals surface area contributed by atoms with E-state index in [1.54, 1.807) is 65.8 Å². The van der Waals surface area contributed by atoms with Gasteiger partial charge < -0.3 is 45.5 Å². The Balaban J connectivity index is 3.48. The second-order valence-corrected chi connectivity index (χ2v) is 13.9. The molecule has 55 heavy (non-hydrogen) atoms. The van der Waals surface area contributed by atoms with Crippen LogP contribution in [0.1, 0.15) is 86.1 Å². The van der Waals surface area contributed by atoms with Gasteiger partial charge in [0.1, 0.15) is 30.8 Å². The molecule has 0 aromatic heterocycles. The lowest BCUT2D eigenvalue weighted by atomic mass is 9.90. The van der Waals surface area contributed by atoms with Crippen molar-refractivity contribution in [2.45, 2.75) is 117 Å². The topological polar surface area (TPSA) is 234 Å². The molecule has 308 valence electrons. The SMILES string of the molecule is CC[C@H](NC(=O)C(CCC(=O)OC)(NC(=O)[C@H](CC(C)C)NC(=O)[C@@H](NC(=O)OCc1ccccc1)C(C)C)C(=O)OC)C(=O)N[C@H](C(=O)OC)[C@@H](C)CC. The molecule has 5 N–H and O–H groups in total. The van der Waals surface area contributed by atoms with Gasteiger partial charge in [-0.3, -0.25) is 24.0 Å². The van der Waals surface area contributed by atoms with Crippen LogP contribution in [0.4, 0.5) is 4.79 Å². The predicted octanol–water partition coefficient (Wildman–Crippen LogP) is 2.05. The van der Waals surface area contributed by atoms with Gasteiger partial charge in [0.25, 0.3) is 5.91 Å². The molecule has 1 aromatic rings. The Morgan fingerprint density at radius 2 is 1.33 bits per heavy atom. The number of alkyl carbamates (subject to hydrolysis) is 1. The summed E-state index contributed by atoms with van der Waals surface area (Å²) in [6, 6.07) is 4.00. The van der Waals surface area contributed by atoms with Crippen molar-refractivity contribution in [3.8, 4) is 0 Å². The molecule has 0 heterocycles. The zero-order valence-electron chi connectivity index (χ0n) is 33.6. The Labute approximate surface area is 323 Å². The maximum absolute atomic E-state index is 14.2. The Morgan fingerprint density at radius 1 is 0.691 bits per heavy atom. The van der Waals surface area contributed by atoms with Crippen molar-refractivity contribution < 1.29 is 57.3 Å². The standard InChI is InChI=1S/C38H59N5O12/c1-11-24(7)30(34(48)53-9)41-31(45)26(12-2)40-35(49)38(36(50)54-10,19-18-28(44)52-8)43-32(46)27(20-22(3)4)39-33(47)29(23(5)6)42-37(51)55-21-25-16-14-13-15-17-25/h13-17,22-24,26-27,29-30H,11-12,18-21H2,1-10H3,(H,39,47)(H,40,49)(H,41,45)(H,42,51)(H,43,46)/t24-,26-,27-,29-,30-,38?/m0/s1. The van der Waals surface area contributed by atoms with E-state index in [4.69, 9.17) is 18.9 Å². The summed E-state index contributed by atoms with van der Waals surface area (Å²) in [6.45, 7) is 12.0. The van der Waals surface area contributed by atoms with Crippen LogP contribution in [0.5, 0.6) is 0 Å². The molecular formula is C38H59N5O12. The van der Waals surface area contributed by atoms with Crippen LogP contribution in [0.3, 0.4) is 0 Å². The van der Waals surface area contributed by atoms with E-state index < -0.39 is 96.1 Å². The smallest absolute Gasteiger partial charge is 0.408 e. The lowest BCUT2D eigenvalue weighted by molar-refractivity contribution is -0.158. The van der Waals surface area contributed by atoms with Crippen LogP contribution < -0.4 is 26.6 Å². The molecule has 6 atom stereocenters. The minimum atomic E-state index is -2.61. The molecular weight excluding hydrogens is 718 g/mol. The van der Waals surface area contributed by atoms with Gasteiger partial charge in [0, 0.05) is 12.8 Å². The third kappa shape index (κ3) is 14.9. The second kappa shape index (κ2) is 23.5. The van der Waals surface area contributed by atoms with Crippen molar-refractivity contribution in [2.75, 3.05) is 21.3 Å². The summed E-state index contributed by atoms with van der Waals surface area (Å²) < 4.78 is 19.8. The maximum Gasteiger partial charge on any atom is 0.408 e. The van der Waals surface area contributed by atoms with Crippen molar-refractivity contribution >= 4 is 47.6 Å². The zero-order chi connectivity index (χ0) is 41.9. The molecule has 0 aliphatic heterocycles. The maximum atomic E-state index is 14.2. The molecule has 17 nitrogen and oxygen atoms in total. The molecule has 0 saturated heterocycles. The summed E-state index contributed by atoms with van der Waals surface area (Å²) >= 11 is 0. The van der Waals surface area contributed by atoms with Crippen LogP contribution in [0.25, 0.3) is 0 Å². The summed E-state index contributed by atoms with van der Waals surface area (Å²) in [5.41, 5.74) is -1.88. The lowest BCUT2D eigenvalue weighted by Gasteiger charge is -2.34. The minimum absolute atomic E-state index is 0.0151. The highest BCUT2D eigenvalue weighted by Crippen LogP contribution is 2.20. The van der Waals surface area contributed by atoms with Crippen LogP contribution in [0.15, 0.2) is 30.3 Å². The molecule has 5 amide bonds. The number of rotatable bonds is 22. The molecule has 0 bridgehead atoms. The first kappa shape index (κ1) is 47.8. The summed E-state index contributed by atoms with van der Waals surface area (Å²) in [6.07, 6.45) is -1.58. The monoisotopic (exact) mass is 777 g/mol. The Kier molecular flexibility index (Phi) is 20.5. The van der Waals surface area contributed by atoms with E-state index in [1.165, 1.54) is 7.11 Å². The number of amides is 5. The van der Waals surface area contributed by atoms with Crippen molar-refractivity contribution in [1.29, 1.82) is 0 Å². The van der Waals surface area contributed by atoms with E-state index in [1.807, 2.05) is 13.0 Å². The van der Waals surface area contributed by atoms with Gasteiger partial charge in [-0.05, 0) is 36.2 Å². The predicted molar refractivity (Wildman–Crippen MR) is 200 cm³/mol. The second-order valence-electron chi connectivity index (χ2n) is 13.9. The molecule has 0 aliphatic rings. The highest BCUT2D eigenvalue weighted by atomic mass is 16.6. The van der Waals surface area contributed by atoms with Gasteiger partial charge in [0.15, 0.2) is 0 Å². The van der Waals surface area contributed by atoms with Gasteiger partial charge in [-0.25, -0.2) is 14.4 Å². The fourth-order valence-corrected chi connectivity index (χ4v) is 5.42. The van der Waals surface area contributed by atoms with Gasteiger partial charge in [-0.1, -0.05) is 85.2 Å². The number of ether oxygens (including phenoxy) is 4. The fraction of sp³-hybridized carbons (Fsp3) is 0.632. The quantitative estimate of drug-likeness (QED) is 0.0647. The fourth-order valence-electron chi connectivity index (χ4n) is 5.42. The Hall–Kier alpha value is -5.22. The molecule has 1 rings (SSSR count). The van der Waals surface area contributed by atoms with E-state index in [-0.39, 0.29) is 31.3 Å². The lowest BCUT2D eigenvalue weighted by Crippen LogP contribution is -2.69. The molecule has 0 fully saturated rings. The Morgan fingerprint density at radius 3 is 1.84 bits per heavy atom. The van der Waals surface area contributed by atoms with Crippen molar-refractivity contribution in [2.24, 2.45) is 17.8 Å². The van der Waals surface area contributed by atoms with Crippen LogP contribution in [-0.2, 0) is 59.1 Å². The number of nitrogens with one attached hydrogen (secondary N) is 5. The number of carbonyl (C=O) groups excluding carboxylic acids is 8. The van der Waals surface area contributed by atoms with Gasteiger partial charge >= 0.3 is 24.0 Å². The van der Waals surface area contributed by atoms with E-state index in [0.717, 1.165) is 19.8 Å². The number of methoxy groups -OCH3 is 3. The van der Waals surface area contributed by atoms with Crippen molar-refractivity contribution in [3.05, 3.63) is 35.9 Å². The van der Waals surface area contributed by atoms with Crippen molar-refractivity contribution in [1.82, 2.24) is 26.6 Å². The molecule has 0 aliphatic carbocycles. The molecule has 1 unspecified atom stereocenters. The van der Waals surface area contributed by atoms with E-state index >= 15 is 0 Å². The van der Waals surface area contributed by atoms with Crippen LogP contribution in [0.2, 0.25) is 0 Å². The van der Waals surface area contributed by atoms with Crippen LogP contribution in [0, 0.1) is 17.8 Å². The van der Waals surface area contributed by atoms with Gasteiger partial charge in [0.2, 0.25) is 23.3 Å². The average molecular weight is 778 g/mol. The first-order valence-corrected chi connectivity index (χ1v) is 18.3. The molecule has 0 radical (unpaired) electrons. The number of hydrogen-bond donors (Lipinski definition) is 5. The van der Waals surface area contributed by atoms with E-state index in [9.17, 15) is 38.4 Å². The summed E-state index contributed by atoms with van der Waals surface area (Å²) in [7, 11) is 3.24. The average Bonchev–Trinajstić information content (AvgIpc) is 3.16. The number of esters is 3. The molecule has 0 spiro atoms. The van der Waals surface area contributed by atoms with Crippen LogP contribution in [-0.4, -0.2) is 98.7 Å². The highest BCUT2D eigenvalue weighted by Gasteiger charge is 2.51. The first-order valence-electron chi connectivity index (χ1n) is 18.3. The third-order valence-electron chi connectivity index (χ3n) is 8.96. The van der Waals surface area contributed by atoms with Gasteiger partial charge in [0.05, 0.1) is 21.3 Å². The Bertz CT molecular complexity index is 1470. The molecule has 17 heteroatoms. The first-order chi connectivity index (χ1) is 25.9. The third-order valence-corrected chi connectivity index (χ3v) is 8.96. The minimum Gasteiger partial charge on any atom is -0.469 e. The van der Waals surface area contributed by atoms with E-state index in [2.05, 4.69) is 26.6 Å². The summed E-state index contributed by atoms with van der Waals surface area (Å²) in [4.78, 5) is 106. The van der Waals surface area contributed by atoms with E-state index in [0.29, 0.717) is 6.42 Å². The zero-order valence-corrected chi connectivity index (χ0v) is 33.6. The normalized spacial score (nSPS) is 14.8. The molecule has 0 saturated carbocycles. The van der Waals surface area contributed by atoms with Crippen molar-refractivity contribution in [3.63, 3.8) is 0 Å². The summed E-state index contributed by atoms with van der Waals surface area (Å²) in [5, 5.41) is 12.6. The highest BCUT2D eigenvalue weighted by molar-refractivity contribution is 6.12. The summed E-state index contributed by atoms with van der Waals surface area (Å²) in [5.74, 6) is -7.54. The largest absolute Gasteiger partial charge is 0.469 e. The van der Waals surface area contributed by atoms with Crippen LogP contribution >= 0.6 is 0 Å². The number of carbonyl (C=O) groups is 8. The number of benzene rings is 1. The van der Waals surface area contributed by atoms with Gasteiger partial charge in [-0.15, -0.1) is 0 Å².